The Morgan fingerprint density at radius 1 is 1.26 bits per heavy atom. The standard InChI is InChI=1S/C17H17N5O/c1-11-18-9-10-22(11)14-7-3-2-5-12(14)16-20-13-6-4-8-19-17(23)15(13)21-16/h2-3,5,7,9-10H,4,6,8H2,1H3,(H,19,23)(H,20,21). The van der Waals surface area contributed by atoms with Gasteiger partial charge < -0.3 is 14.9 Å². The van der Waals surface area contributed by atoms with Gasteiger partial charge >= 0.3 is 0 Å². The third kappa shape index (κ3) is 2.32. The predicted molar refractivity (Wildman–Crippen MR) is 86.5 cm³/mol. The third-order valence-electron chi connectivity index (χ3n) is 4.13. The first-order valence-electron chi connectivity index (χ1n) is 7.71. The molecule has 0 aliphatic carbocycles. The average Bonchev–Trinajstić information content (AvgIpc) is 3.14. The van der Waals surface area contributed by atoms with Gasteiger partial charge in [-0.15, -0.1) is 0 Å². The number of aromatic nitrogens is 4. The van der Waals surface area contributed by atoms with Crippen LogP contribution in [0, 0.1) is 6.92 Å². The monoisotopic (exact) mass is 307 g/mol. The minimum absolute atomic E-state index is 0.101. The van der Waals surface area contributed by atoms with Crippen molar-refractivity contribution in [1.82, 2.24) is 24.8 Å². The number of rotatable bonds is 2. The number of nitrogens with zero attached hydrogens (tertiary/aromatic N) is 3. The van der Waals surface area contributed by atoms with E-state index in [1.807, 2.05) is 42.0 Å². The quantitative estimate of drug-likeness (QED) is 0.762. The van der Waals surface area contributed by atoms with Crippen LogP contribution < -0.4 is 5.32 Å². The molecule has 1 aromatic carbocycles. The maximum atomic E-state index is 12.1. The Labute approximate surface area is 133 Å². The molecule has 4 rings (SSSR count). The summed E-state index contributed by atoms with van der Waals surface area (Å²) >= 11 is 0. The summed E-state index contributed by atoms with van der Waals surface area (Å²) in [4.78, 5) is 24.3. The van der Waals surface area contributed by atoms with Crippen LogP contribution in [0.5, 0.6) is 0 Å². The van der Waals surface area contributed by atoms with Gasteiger partial charge in [0.2, 0.25) is 0 Å². The number of nitrogens with one attached hydrogen (secondary N) is 2. The van der Waals surface area contributed by atoms with Crippen molar-refractivity contribution in [3.63, 3.8) is 0 Å². The van der Waals surface area contributed by atoms with Gasteiger partial charge in [0.15, 0.2) is 0 Å². The molecule has 2 N–H and O–H groups in total. The fourth-order valence-electron chi connectivity index (χ4n) is 2.97. The Hall–Kier alpha value is -2.89. The SMILES string of the molecule is Cc1nccn1-c1ccccc1-c1nc2c([nH]1)CCCNC2=O. The normalized spacial score (nSPS) is 14.2. The summed E-state index contributed by atoms with van der Waals surface area (Å²) in [7, 11) is 0. The molecule has 0 fully saturated rings. The molecule has 6 heteroatoms. The van der Waals surface area contributed by atoms with Gasteiger partial charge in [-0.1, -0.05) is 12.1 Å². The Kier molecular flexibility index (Phi) is 3.22. The van der Waals surface area contributed by atoms with Crippen LogP contribution in [0.25, 0.3) is 17.1 Å². The Bertz CT molecular complexity index is 877. The van der Waals surface area contributed by atoms with Crippen LogP contribution in [0.1, 0.15) is 28.4 Å². The minimum Gasteiger partial charge on any atom is -0.351 e. The lowest BCUT2D eigenvalue weighted by Gasteiger charge is -2.10. The summed E-state index contributed by atoms with van der Waals surface area (Å²) in [6.07, 6.45) is 5.45. The van der Waals surface area contributed by atoms with Crippen molar-refractivity contribution in [3.05, 3.63) is 53.9 Å². The molecule has 116 valence electrons. The van der Waals surface area contributed by atoms with E-state index in [0.29, 0.717) is 12.2 Å². The third-order valence-corrected chi connectivity index (χ3v) is 4.13. The van der Waals surface area contributed by atoms with Crippen molar-refractivity contribution in [2.75, 3.05) is 6.54 Å². The highest BCUT2D eigenvalue weighted by Crippen LogP contribution is 2.27. The van der Waals surface area contributed by atoms with Crippen LogP contribution >= 0.6 is 0 Å². The molecule has 3 aromatic rings. The number of amides is 1. The maximum absolute atomic E-state index is 12.1. The van der Waals surface area contributed by atoms with Gasteiger partial charge in [-0.2, -0.15) is 0 Å². The zero-order valence-corrected chi connectivity index (χ0v) is 12.8. The number of carbonyl (C=O) groups excluding carboxylic acids is 1. The van der Waals surface area contributed by atoms with Crippen LogP contribution in [-0.2, 0) is 6.42 Å². The number of H-pyrrole nitrogens is 1. The van der Waals surface area contributed by atoms with E-state index in [1.54, 1.807) is 6.20 Å². The first-order chi connectivity index (χ1) is 11.2. The lowest BCUT2D eigenvalue weighted by atomic mass is 10.1. The van der Waals surface area contributed by atoms with Crippen LogP contribution in [-0.4, -0.2) is 32.0 Å². The second kappa shape index (κ2) is 5.39. The molecule has 0 unspecified atom stereocenters. The first kappa shape index (κ1) is 13.8. The second-order valence-electron chi connectivity index (χ2n) is 5.63. The summed E-state index contributed by atoms with van der Waals surface area (Å²) in [6, 6.07) is 7.99. The number of fused-ring (bicyclic) bond motifs is 1. The van der Waals surface area contributed by atoms with E-state index in [-0.39, 0.29) is 5.91 Å². The highest BCUT2D eigenvalue weighted by atomic mass is 16.1. The topological polar surface area (TPSA) is 75.6 Å². The van der Waals surface area contributed by atoms with E-state index >= 15 is 0 Å². The van der Waals surface area contributed by atoms with E-state index in [2.05, 4.69) is 20.3 Å². The van der Waals surface area contributed by atoms with E-state index in [4.69, 9.17) is 0 Å². The number of hydrogen-bond donors (Lipinski definition) is 2. The highest BCUT2D eigenvalue weighted by molar-refractivity contribution is 5.94. The molecule has 23 heavy (non-hydrogen) atoms. The minimum atomic E-state index is -0.101. The second-order valence-corrected chi connectivity index (χ2v) is 5.63. The van der Waals surface area contributed by atoms with Crippen LogP contribution in [0.2, 0.25) is 0 Å². The number of para-hydroxylation sites is 1. The molecule has 2 aromatic heterocycles. The summed E-state index contributed by atoms with van der Waals surface area (Å²) < 4.78 is 2.02. The van der Waals surface area contributed by atoms with E-state index in [1.165, 1.54) is 0 Å². The van der Waals surface area contributed by atoms with Gasteiger partial charge in [-0.3, -0.25) is 4.79 Å². The molecule has 0 saturated heterocycles. The molecule has 6 nitrogen and oxygen atoms in total. The predicted octanol–water partition coefficient (Wildman–Crippen LogP) is 2.25. The number of benzene rings is 1. The lowest BCUT2D eigenvalue weighted by molar-refractivity contribution is 0.0951. The van der Waals surface area contributed by atoms with Crippen molar-refractivity contribution in [2.45, 2.75) is 19.8 Å². The average molecular weight is 307 g/mol. The fourth-order valence-corrected chi connectivity index (χ4v) is 2.97. The van der Waals surface area contributed by atoms with E-state index in [9.17, 15) is 4.79 Å². The van der Waals surface area contributed by atoms with Gasteiger partial charge in [0.1, 0.15) is 17.3 Å². The molecule has 0 radical (unpaired) electrons. The molecule has 1 amide bonds. The van der Waals surface area contributed by atoms with Crippen LogP contribution in [0.4, 0.5) is 0 Å². The zero-order chi connectivity index (χ0) is 15.8. The first-order valence-corrected chi connectivity index (χ1v) is 7.71. The molecular formula is C17H17N5O. The molecule has 0 spiro atoms. The van der Waals surface area contributed by atoms with Crippen molar-refractivity contribution in [3.8, 4) is 17.1 Å². The molecule has 0 saturated carbocycles. The van der Waals surface area contributed by atoms with Crippen molar-refractivity contribution >= 4 is 5.91 Å². The van der Waals surface area contributed by atoms with E-state index in [0.717, 1.165) is 41.4 Å². The molecule has 1 aliphatic rings. The van der Waals surface area contributed by atoms with Gasteiger partial charge in [0, 0.05) is 30.2 Å². The number of carbonyl (C=O) groups is 1. The lowest BCUT2D eigenvalue weighted by Crippen LogP contribution is -2.23. The summed E-state index contributed by atoms with van der Waals surface area (Å²) in [5, 5.41) is 2.88. The smallest absolute Gasteiger partial charge is 0.271 e. The summed E-state index contributed by atoms with van der Waals surface area (Å²) in [5.74, 6) is 1.52. The van der Waals surface area contributed by atoms with Gasteiger partial charge in [0.05, 0.1) is 5.69 Å². The van der Waals surface area contributed by atoms with Crippen molar-refractivity contribution in [1.29, 1.82) is 0 Å². The van der Waals surface area contributed by atoms with E-state index < -0.39 is 0 Å². The Morgan fingerprint density at radius 3 is 2.96 bits per heavy atom. The van der Waals surface area contributed by atoms with Crippen molar-refractivity contribution < 1.29 is 4.79 Å². The Morgan fingerprint density at radius 2 is 2.13 bits per heavy atom. The number of hydrogen-bond acceptors (Lipinski definition) is 3. The Balaban J connectivity index is 1.85. The van der Waals surface area contributed by atoms with Gasteiger partial charge in [-0.25, -0.2) is 9.97 Å². The molecule has 1 aliphatic heterocycles. The molecule has 0 bridgehead atoms. The summed E-state index contributed by atoms with van der Waals surface area (Å²) in [5.41, 5.74) is 3.36. The van der Waals surface area contributed by atoms with Crippen LogP contribution in [0.3, 0.4) is 0 Å². The zero-order valence-electron chi connectivity index (χ0n) is 12.8. The molecule has 0 atom stereocenters. The summed E-state index contributed by atoms with van der Waals surface area (Å²) in [6.45, 7) is 2.66. The van der Waals surface area contributed by atoms with Gasteiger partial charge in [-0.05, 0) is 31.9 Å². The fraction of sp³-hybridized carbons (Fsp3) is 0.235. The molecular weight excluding hydrogens is 290 g/mol. The maximum Gasteiger partial charge on any atom is 0.271 e. The van der Waals surface area contributed by atoms with Crippen molar-refractivity contribution in [2.24, 2.45) is 0 Å². The number of imidazole rings is 2. The largest absolute Gasteiger partial charge is 0.351 e. The number of aromatic amines is 1. The van der Waals surface area contributed by atoms with Gasteiger partial charge in [0.25, 0.3) is 5.91 Å². The number of aryl methyl sites for hydroxylation is 2. The highest BCUT2D eigenvalue weighted by Gasteiger charge is 2.21. The van der Waals surface area contributed by atoms with Crippen LogP contribution in [0.15, 0.2) is 36.7 Å². The molecule has 3 heterocycles.